The van der Waals surface area contributed by atoms with Gasteiger partial charge in [0.1, 0.15) is 5.75 Å². The molecule has 0 unspecified atom stereocenters. The van der Waals surface area contributed by atoms with Crippen LogP contribution in [0.25, 0.3) is 0 Å². The molecule has 0 amide bonds. The monoisotopic (exact) mass is 333 g/mol. The highest BCUT2D eigenvalue weighted by Gasteiger charge is 2.12. The Bertz CT molecular complexity index is 653. The molecule has 4 heteroatoms. The highest BCUT2D eigenvalue weighted by atomic mass is 79.9. The number of benzene rings is 2. The summed E-state index contributed by atoms with van der Waals surface area (Å²) in [4.78, 5) is 12.3. The highest BCUT2D eigenvalue weighted by molar-refractivity contribution is 9.10. The first kappa shape index (κ1) is 14.6. The second-order valence-corrected chi connectivity index (χ2v) is 5.51. The lowest BCUT2D eigenvalue weighted by molar-refractivity contribution is 0.0992. The number of Topliss-reactive ketones (excluding diaryl/α,β-unsaturated/α-hetero) is 1. The topological polar surface area (TPSA) is 52.3 Å². The Balaban J connectivity index is 2.27. The zero-order chi connectivity index (χ0) is 14.7. The first-order valence-electron chi connectivity index (χ1n) is 6.23. The van der Waals surface area contributed by atoms with Gasteiger partial charge in [0.05, 0.1) is 7.11 Å². The van der Waals surface area contributed by atoms with E-state index in [1.807, 2.05) is 25.1 Å². The van der Waals surface area contributed by atoms with E-state index in [4.69, 9.17) is 10.5 Å². The molecule has 2 aromatic rings. The maximum Gasteiger partial charge on any atom is 0.167 e. The van der Waals surface area contributed by atoms with Crippen molar-refractivity contribution in [1.29, 1.82) is 0 Å². The van der Waals surface area contributed by atoms with Crippen molar-refractivity contribution in [2.45, 2.75) is 13.3 Å². The lowest BCUT2D eigenvalue weighted by Crippen LogP contribution is -2.06. The molecule has 2 rings (SSSR count). The van der Waals surface area contributed by atoms with Crippen molar-refractivity contribution < 1.29 is 9.53 Å². The molecule has 0 aliphatic carbocycles. The summed E-state index contributed by atoms with van der Waals surface area (Å²) in [5.74, 6) is 0.771. The summed E-state index contributed by atoms with van der Waals surface area (Å²) in [5.41, 5.74) is 8.98. The Morgan fingerprint density at radius 2 is 2.00 bits per heavy atom. The van der Waals surface area contributed by atoms with Crippen molar-refractivity contribution in [3.8, 4) is 5.75 Å². The van der Waals surface area contributed by atoms with Crippen molar-refractivity contribution in [3.05, 3.63) is 57.6 Å². The van der Waals surface area contributed by atoms with E-state index in [1.54, 1.807) is 25.3 Å². The highest BCUT2D eigenvalue weighted by Crippen LogP contribution is 2.24. The van der Waals surface area contributed by atoms with Crippen molar-refractivity contribution in [3.63, 3.8) is 0 Å². The van der Waals surface area contributed by atoms with Crippen molar-refractivity contribution >= 4 is 27.4 Å². The van der Waals surface area contributed by atoms with E-state index < -0.39 is 0 Å². The second-order valence-electron chi connectivity index (χ2n) is 4.65. The molecule has 2 aromatic carbocycles. The molecule has 0 fully saturated rings. The minimum Gasteiger partial charge on any atom is -0.496 e. The summed E-state index contributed by atoms with van der Waals surface area (Å²) in [5, 5.41) is 0. The number of rotatable bonds is 4. The Hall–Kier alpha value is -1.81. The molecular weight excluding hydrogens is 318 g/mol. The molecular formula is C16H16BrNO2. The average molecular weight is 334 g/mol. The summed E-state index contributed by atoms with van der Waals surface area (Å²) < 4.78 is 6.03. The van der Waals surface area contributed by atoms with Crippen LogP contribution in [-0.4, -0.2) is 12.9 Å². The van der Waals surface area contributed by atoms with Gasteiger partial charge in [-0.1, -0.05) is 17.7 Å². The molecule has 0 atom stereocenters. The summed E-state index contributed by atoms with van der Waals surface area (Å²) in [6.45, 7) is 1.99. The number of methoxy groups -OCH3 is 1. The molecule has 0 radical (unpaired) electrons. The van der Waals surface area contributed by atoms with Crippen LogP contribution in [0.3, 0.4) is 0 Å². The third kappa shape index (κ3) is 3.20. The van der Waals surface area contributed by atoms with Gasteiger partial charge in [0.2, 0.25) is 0 Å². The van der Waals surface area contributed by atoms with Gasteiger partial charge in [0.15, 0.2) is 5.78 Å². The Labute approximate surface area is 126 Å². The van der Waals surface area contributed by atoms with E-state index in [0.717, 1.165) is 21.3 Å². The van der Waals surface area contributed by atoms with Gasteiger partial charge in [-0.15, -0.1) is 0 Å². The van der Waals surface area contributed by atoms with Crippen LogP contribution in [0.1, 0.15) is 21.5 Å². The molecule has 0 bridgehead atoms. The number of nitrogen functional groups attached to an aromatic ring is 1. The molecule has 0 saturated heterocycles. The van der Waals surface area contributed by atoms with Crippen molar-refractivity contribution in [1.82, 2.24) is 0 Å². The van der Waals surface area contributed by atoms with Gasteiger partial charge in [0.25, 0.3) is 0 Å². The van der Waals surface area contributed by atoms with Crippen LogP contribution in [0.15, 0.2) is 40.9 Å². The number of hydrogen-bond acceptors (Lipinski definition) is 3. The van der Waals surface area contributed by atoms with Crippen molar-refractivity contribution in [2.24, 2.45) is 0 Å². The molecule has 20 heavy (non-hydrogen) atoms. The molecule has 0 aromatic heterocycles. The zero-order valence-corrected chi connectivity index (χ0v) is 13.0. The van der Waals surface area contributed by atoms with Crippen LogP contribution in [-0.2, 0) is 6.42 Å². The van der Waals surface area contributed by atoms with E-state index >= 15 is 0 Å². The summed E-state index contributed by atoms with van der Waals surface area (Å²) in [6.07, 6.45) is 0.307. The van der Waals surface area contributed by atoms with E-state index in [9.17, 15) is 4.79 Å². The third-order valence-electron chi connectivity index (χ3n) is 3.11. The Morgan fingerprint density at radius 1 is 1.25 bits per heavy atom. The van der Waals surface area contributed by atoms with Crippen LogP contribution >= 0.6 is 15.9 Å². The van der Waals surface area contributed by atoms with Crippen LogP contribution in [0.4, 0.5) is 5.69 Å². The Morgan fingerprint density at radius 3 is 2.65 bits per heavy atom. The zero-order valence-electron chi connectivity index (χ0n) is 11.4. The molecule has 0 spiro atoms. The number of halogens is 1. The first-order chi connectivity index (χ1) is 9.51. The number of hydrogen-bond donors (Lipinski definition) is 1. The number of nitrogens with two attached hydrogens (primary N) is 1. The fourth-order valence-corrected chi connectivity index (χ4v) is 2.40. The molecule has 104 valence electrons. The minimum absolute atomic E-state index is 0.0367. The van der Waals surface area contributed by atoms with Crippen LogP contribution < -0.4 is 10.5 Å². The molecule has 0 aliphatic rings. The molecule has 0 saturated carbocycles. The lowest BCUT2D eigenvalue weighted by atomic mass is 10.0. The van der Waals surface area contributed by atoms with Gasteiger partial charge < -0.3 is 10.5 Å². The fourth-order valence-electron chi connectivity index (χ4n) is 2.02. The maximum atomic E-state index is 12.3. The quantitative estimate of drug-likeness (QED) is 0.684. The van der Waals surface area contributed by atoms with Gasteiger partial charge >= 0.3 is 0 Å². The molecule has 0 aliphatic heterocycles. The standard InChI is InChI=1S/C16H16BrNO2/c1-10-3-6-16(20-2)12(7-10)9-15(19)11-4-5-14(18)13(17)8-11/h3-8H,9,18H2,1-2H3. The number of ketones is 1. The summed E-state index contributed by atoms with van der Waals surface area (Å²) in [7, 11) is 1.61. The Kier molecular flexibility index (Phi) is 4.45. The first-order valence-corrected chi connectivity index (χ1v) is 7.02. The number of anilines is 1. The minimum atomic E-state index is 0.0367. The van der Waals surface area contributed by atoms with Gasteiger partial charge in [-0.25, -0.2) is 0 Å². The third-order valence-corrected chi connectivity index (χ3v) is 3.80. The van der Waals surface area contributed by atoms with Crippen LogP contribution in [0.2, 0.25) is 0 Å². The molecule has 2 N–H and O–H groups in total. The van der Waals surface area contributed by atoms with Gasteiger partial charge in [0, 0.05) is 27.7 Å². The second kappa shape index (κ2) is 6.09. The average Bonchev–Trinajstić information content (AvgIpc) is 2.42. The van der Waals surface area contributed by atoms with Gasteiger partial charge in [-0.3, -0.25) is 4.79 Å². The maximum absolute atomic E-state index is 12.3. The number of carbonyl (C=O) groups is 1. The van der Waals surface area contributed by atoms with Gasteiger partial charge in [-0.2, -0.15) is 0 Å². The van der Waals surface area contributed by atoms with E-state index in [0.29, 0.717) is 17.7 Å². The fraction of sp³-hybridized carbons (Fsp3) is 0.188. The number of aryl methyl sites for hydroxylation is 1. The normalized spacial score (nSPS) is 10.3. The van der Waals surface area contributed by atoms with Gasteiger partial charge in [-0.05, 0) is 47.1 Å². The van der Waals surface area contributed by atoms with E-state index in [-0.39, 0.29) is 5.78 Å². The van der Waals surface area contributed by atoms with Crippen molar-refractivity contribution in [2.75, 3.05) is 12.8 Å². The lowest BCUT2D eigenvalue weighted by Gasteiger charge is -2.09. The molecule has 3 nitrogen and oxygen atoms in total. The van der Waals surface area contributed by atoms with E-state index in [2.05, 4.69) is 15.9 Å². The number of ether oxygens (including phenoxy) is 1. The summed E-state index contributed by atoms with van der Waals surface area (Å²) in [6, 6.07) is 11.0. The largest absolute Gasteiger partial charge is 0.496 e. The SMILES string of the molecule is COc1ccc(C)cc1CC(=O)c1ccc(N)c(Br)c1. The van der Waals surface area contributed by atoms with E-state index in [1.165, 1.54) is 0 Å². The van der Waals surface area contributed by atoms with Crippen LogP contribution in [0.5, 0.6) is 5.75 Å². The predicted octanol–water partition coefficient (Wildman–Crippen LogP) is 3.77. The van der Waals surface area contributed by atoms with Crippen LogP contribution in [0, 0.1) is 6.92 Å². The predicted molar refractivity (Wildman–Crippen MR) is 84.3 cm³/mol. The smallest absolute Gasteiger partial charge is 0.167 e. The molecule has 0 heterocycles. The number of carbonyl (C=O) groups excluding carboxylic acids is 1. The summed E-state index contributed by atoms with van der Waals surface area (Å²) >= 11 is 3.34.